The summed E-state index contributed by atoms with van der Waals surface area (Å²) in [6.45, 7) is 4.43. The van der Waals surface area contributed by atoms with Crippen LogP contribution in [0, 0.1) is 0 Å². The number of rotatable bonds is 16. The van der Waals surface area contributed by atoms with E-state index in [1.54, 1.807) is 0 Å². The normalized spacial score (nSPS) is 10.8. The molecule has 0 spiro atoms. The van der Waals surface area contributed by atoms with Gasteiger partial charge in [-0.1, -0.05) is 107 Å². The number of nitrogens with zero attached hydrogens (tertiary/aromatic N) is 1. The average molecular weight is 408 g/mol. The van der Waals surface area contributed by atoms with Crippen molar-refractivity contribution in [2.45, 2.75) is 84.2 Å². The maximum Gasteiger partial charge on any atom is 0.251 e. The van der Waals surface area contributed by atoms with Gasteiger partial charge in [-0.25, -0.2) is 5.32 Å². The van der Waals surface area contributed by atoms with E-state index in [1.807, 2.05) is 42.5 Å². The maximum atomic E-state index is 12.3. The first-order chi connectivity index (χ1) is 14.8. The first kappa shape index (κ1) is 24.1. The summed E-state index contributed by atoms with van der Waals surface area (Å²) in [6.07, 6.45) is 13.1. The van der Waals surface area contributed by atoms with Crippen molar-refractivity contribution in [3.63, 3.8) is 0 Å². The monoisotopic (exact) mass is 407 g/mol. The quantitative estimate of drug-likeness (QED) is 0.311. The molecule has 0 bridgehead atoms. The van der Waals surface area contributed by atoms with Gasteiger partial charge in [0.15, 0.2) is 0 Å². The van der Waals surface area contributed by atoms with E-state index < -0.39 is 0 Å². The van der Waals surface area contributed by atoms with Crippen LogP contribution < -0.4 is 10.6 Å². The number of nitrogens with one attached hydrogen (secondary N) is 1. The molecule has 3 heteroatoms. The lowest BCUT2D eigenvalue weighted by Gasteiger charge is -2.07. The van der Waals surface area contributed by atoms with Crippen molar-refractivity contribution in [3.05, 3.63) is 71.3 Å². The standard InChI is InChI=1S/C27H39N2O/c1-2-3-4-5-6-7-8-9-10-14-21-29-27(30)26-19-17-25(18-20-26)23-28-22-24-15-12-11-13-16-24/h11-13,15-20H,2-10,14,21-23H2,1H3,(H,29,30). The second kappa shape index (κ2) is 15.7. The highest BCUT2D eigenvalue weighted by Crippen LogP contribution is 2.10. The van der Waals surface area contributed by atoms with E-state index in [0.717, 1.165) is 30.6 Å². The number of carbonyl (C=O) groups excluding carboxylic acids is 1. The van der Waals surface area contributed by atoms with Crippen LogP contribution in [-0.4, -0.2) is 12.5 Å². The Balaban J connectivity index is 1.51. The van der Waals surface area contributed by atoms with Crippen molar-refractivity contribution in [2.24, 2.45) is 0 Å². The summed E-state index contributed by atoms with van der Waals surface area (Å²) in [5.74, 6) is 0.0266. The van der Waals surface area contributed by atoms with Gasteiger partial charge in [0.2, 0.25) is 0 Å². The van der Waals surface area contributed by atoms with Gasteiger partial charge in [0.25, 0.3) is 5.91 Å². The van der Waals surface area contributed by atoms with Crippen molar-refractivity contribution < 1.29 is 4.79 Å². The molecule has 0 atom stereocenters. The minimum atomic E-state index is 0.0266. The number of benzene rings is 2. The zero-order chi connectivity index (χ0) is 21.3. The van der Waals surface area contributed by atoms with Crippen LogP contribution in [0.2, 0.25) is 0 Å². The van der Waals surface area contributed by atoms with Gasteiger partial charge in [-0.2, -0.15) is 0 Å². The number of hydrogen-bond acceptors (Lipinski definition) is 1. The summed E-state index contributed by atoms with van der Waals surface area (Å²) in [7, 11) is 0. The fourth-order valence-electron chi connectivity index (χ4n) is 3.58. The van der Waals surface area contributed by atoms with Crippen LogP contribution in [0.25, 0.3) is 0 Å². The third-order valence-electron chi connectivity index (χ3n) is 5.46. The molecule has 0 aliphatic rings. The molecule has 1 amide bonds. The van der Waals surface area contributed by atoms with Crippen molar-refractivity contribution >= 4 is 5.91 Å². The number of unbranched alkanes of at least 4 members (excludes halogenated alkanes) is 9. The lowest BCUT2D eigenvalue weighted by molar-refractivity contribution is 0.0953. The molecule has 0 saturated carbocycles. The highest BCUT2D eigenvalue weighted by Gasteiger charge is 2.05. The van der Waals surface area contributed by atoms with Crippen LogP contribution in [0.3, 0.4) is 0 Å². The predicted octanol–water partition coefficient (Wildman–Crippen LogP) is 6.64. The Bertz CT molecular complexity index is 682. The van der Waals surface area contributed by atoms with Crippen LogP contribution in [0.1, 0.15) is 92.6 Å². The summed E-state index contributed by atoms with van der Waals surface area (Å²) >= 11 is 0. The van der Waals surface area contributed by atoms with Crippen molar-refractivity contribution in [1.29, 1.82) is 0 Å². The smallest absolute Gasteiger partial charge is 0.251 e. The fourth-order valence-corrected chi connectivity index (χ4v) is 3.58. The number of hydrogen-bond donors (Lipinski definition) is 1. The van der Waals surface area contributed by atoms with Crippen LogP contribution in [0.5, 0.6) is 0 Å². The molecule has 3 nitrogen and oxygen atoms in total. The second-order valence-corrected chi connectivity index (χ2v) is 8.16. The van der Waals surface area contributed by atoms with Crippen molar-refractivity contribution in [1.82, 2.24) is 10.6 Å². The SMILES string of the molecule is CCCCCCCCCCCCNC(=O)c1ccc(C[N]Cc2ccccc2)cc1. The topological polar surface area (TPSA) is 43.2 Å². The third-order valence-corrected chi connectivity index (χ3v) is 5.46. The molecule has 0 aliphatic carbocycles. The van der Waals surface area contributed by atoms with E-state index in [4.69, 9.17) is 0 Å². The van der Waals surface area contributed by atoms with E-state index in [9.17, 15) is 4.79 Å². The molecular weight excluding hydrogens is 368 g/mol. The van der Waals surface area contributed by atoms with Gasteiger partial charge in [-0.05, 0) is 29.7 Å². The molecule has 0 aromatic heterocycles. The van der Waals surface area contributed by atoms with Gasteiger partial charge >= 0.3 is 0 Å². The van der Waals surface area contributed by atoms with Crippen LogP contribution >= 0.6 is 0 Å². The minimum absolute atomic E-state index is 0.0266. The molecule has 0 unspecified atom stereocenters. The van der Waals surface area contributed by atoms with Crippen LogP contribution in [-0.2, 0) is 13.1 Å². The summed E-state index contributed by atoms with van der Waals surface area (Å²) in [5.41, 5.74) is 3.09. The average Bonchev–Trinajstić information content (AvgIpc) is 2.78. The lowest BCUT2D eigenvalue weighted by atomic mass is 10.1. The summed E-state index contributed by atoms with van der Waals surface area (Å²) in [5, 5.41) is 7.64. The molecule has 0 fully saturated rings. The van der Waals surface area contributed by atoms with E-state index in [1.165, 1.54) is 63.4 Å². The second-order valence-electron chi connectivity index (χ2n) is 8.16. The van der Waals surface area contributed by atoms with Crippen LogP contribution in [0.15, 0.2) is 54.6 Å². The summed E-state index contributed by atoms with van der Waals surface area (Å²) in [4.78, 5) is 12.3. The first-order valence-corrected chi connectivity index (χ1v) is 11.8. The van der Waals surface area contributed by atoms with Gasteiger partial charge in [0.1, 0.15) is 0 Å². The largest absolute Gasteiger partial charge is 0.352 e. The van der Waals surface area contributed by atoms with Gasteiger partial charge in [-0.15, -0.1) is 0 Å². The Morgan fingerprint density at radius 3 is 1.83 bits per heavy atom. The number of carbonyl (C=O) groups is 1. The van der Waals surface area contributed by atoms with Gasteiger partial charge in [0, 0.05) is 25.2 Å². The summed E-state index contributed by atoms with van der Waals surface area (Å²) < 4.78 is 0. The minimum Gasteiger partial charge on any atom is -0.352 e. The molecule has 1 radical (unpaired) electrons. The third kappa shape index (κ3) is 10.6. The molecule has 0 saturated heterocycles. The van der Waals surface area contributed by atoms with Crippen molar-refractivity contribution in [3.8, 4) is 0 Å². The van der Waals surface area contributed by atoms with Gasteiger partial charge in [-0.3, -0.25) is 4.79 Å². The van der Waals surface area contributed by atoms with E-state index in [0.29, 0.717) is 6.54 Å². The van der Waals surface area contributed by atoms with E-state index in [2.05, 4.69) is 29.7 Å². The Labute approximate surface area is 183 Å². The Hall–Kier alpha value is -2.13. The van der Waals surface area contributed by atoms with E-state index in [-0.39, 0.29) is 5.91 Å². The maximum absolute atomic E-state index is 12.3. The Morgan fingerprint density at radius 1 is 0.700 bits per heavy atom. The van der Waals surface area contributed by atoms with Gasteiger partial charge in [0.05, 0.1) is 0 Å². The molecular formula is C27H39N2O. The lowest BCUT2D eigenvalue weighted by Crippen LogP contribution is -2.24. The fraction of sp³-hybridized carbons (Fsp3) is 0.519. The number of amides is 1. The summed E-state index contributed by atoms with van der Waals surface area (Å²) in [6, 6.07) is 18.1. The van der Waals surface area contributed by atoms with E-state index >= 15 is 0 Å². The highest BCUT2D eigenvalue weighted by atomic mass is 16.1. The molecule has 163 valence electrons. The molecule has 0 heterocycles. The zero-order valence-corrected chi connectivity index (χ0v) is 18.7. The first-order valence-electron chi connectivity index (χ1n) is 11.8. The zero-order valence-electron chi connectivity index (χ0n) is 18.7. The molecule has 1 N–H and O–H groups in total. The van der Waals surface area contributed by atoms with Gasteiger partial charge < -0.3 is 5.32 Å². The van der Waals surface area contributed by atoms with Crippen LogP contribution in [0.4, 0.5) is 0 Å². The Morgan fingerprint density at radius 2 is 1.23 bits per heavy atom. The Kier molecular flexibility index (Phi) is 12.6. The molecule has 2 rings (SSSR count). The highest BCUT2D eigenvalue weighted by molar-refractivity contribution is 5.94. The molecule has 2 aromatic rings. The molecule has 30 heavy (non-hydrogen) atoms. The molecule has 2 aromatic carbocycles. The van der Waals surface area contributed by atoms with Crippen molar-refractivity contribution in [2.75, 3.05) is 6.54 Å². The molecule has 0 aliphatic heterocycles. The predicted molar refractivity (Wildman–Crippen MR) is 127 cm³/mol.